The third-order valence-corrected chi connectivity index (χ3v) is 6.97. The molecular weight excluding hydrogens is 442 g/mol. The van der Waals surface area contributed by atoms with Gasteiger partial charge in [0.25, 0.3) is 5.91 Å². The Morgan fingerprint density at radius 3 is 2.12 bits per heavy atom. The molecule has 1 fully saturated rings. The molecule has 178 valence electrons. The van der Waals surface area contributed by atoms with Gasteiger partial charge in [-0.25, -0.2) is 13.1 Å². The molecule has 0 saturated carbocycles. The van der Waals surface area contributed by atoms with Gasteiger partial charge in [-0.2, -0.15) is 0 Å². The number of hydrogen-bond donors (Lipinski definition) is 2. The standard InChI is InChI=1S/C24H31N3O5S/c1-17-15-27(16-18(2)32-17)24(29)21-9-4-20(5-10-21)14-26-23(28)13-8-19-6-11-22(12-7-19)33(30,31)25-3/h4-7,9-12,17-18,25H,8,13-16H2,1-3H3,(H,26,28). The summed E-state index contributed by atoms with van der Waals surface area (Å²) in [5.74, 6) is -0.112. The lowest BCUT2D eigenvalue weighted by Crippen LogP contribution is -2.48. The first kappa shape index (κ1) is 24.9. The van der Waals surface area contributed by atoms with Crippen LogP contribution in [-0.2, 0) is 32.5 Å². The number of nitrogens with zero attached hydrogens (tertiary/aromatic N) is 1. The third-order valence-electron chi connectivity index (χ3n) is 5.54. The van der Waals surface area contributed by atoms with Crippen molar-refractivity contribution < 1.29 is 22.7 Å². The predicted molar refractivity (Wildman–Crippen MR) is 125 cm³/mol. The Labute approximate surface area is 195 Å². The first-order chi connectivity index (χ1) is 15.7. The number of benzene rings is 2. The van der Waals surface area contributed by atoms with E-state index >= 15 is 0 Å². The second-order valence-corrected chi connectivity index (χ2v) is 10.2. The molecule has 1 aliphatic rings. The molecule has 9 heteroatoms. The van der Waals surface area contributed by atoms with E-state index < -0.39 is 10.0 Å². The summed E-state index contributed by atoms with van der Waals surface area (Å²) < 4.78 is 31.5. The minimum atomic E-state index is -3.46. The van der Waals surface area contributed by atoms with Gasteiger partial charge in [0.15, 0.2) is 0 Å². The minimum Gasteiger partial charge on any atom is -0.372 e. The molecule has 1 saturated heterocycles. The van der Waals surface area contributed by atoms with Crippen LogP contribution in [0.1, 0.15) is 41.8 Å². The summed E-state index contributed by atoms with van der Waals surface area (Å²) in [6.07, 6.45) is 0.843. The van der Waals surface area contributed by atoms with Crippen molar-refractivity contribution in [3.63, 3.8) is 0 Å². The summed E-state index contributed by atoms with van der Waals surface area (Å²) in [5.41, 5.74) is 2.41. The fraction of sp³-hybridized carbons (Fsp3) is 0.417. The Balaban J connectivity index is 1.46. The lowest BCUT2D eigenvalue weighted by molar-refractivity contribution is -0.121. The molecule has 3 rings (SSSR count). The van der Waals surface area contributed by atoms with Crippen LogP contribution in [0.4, 0.5) is 0 Å². The lowest BCUT2D eigenvalue weighted by Gasteiger charge is -2.35. The SMILES string of the molecule is CNS(=O)(=O)c1ccc(CCC(=O)NCc2ccc(C(=O)N3CC(C)OC(C)C3)cc2)cc1. The van der Waals surface area contributed by atoms with Crippen LogP contribution in [0.3, 0.4) is 0 Å². The number of carbonyl (C=O) groups excluding carboxylic acids is 2. The first-order valence-electron chi connectivity index (χ1n) is 11.0. The quantitative estimate of drug-likeness (QED) is 0.611. The zero-order valence-corrected chi connectivity index (χ0v) is 20.0. The summed E-state index contributed by atoms with van der Waals surface area (Å²) in [6, 6.07) is 13.8. The molecular formula is C24H31N3O5S. The molecule has 2 unspecified atom stereocenters. The molecule has 0 aliphatic carbocycles. The number of aryl methyl sites for hydroxylation is 1. The average molecular weight is 474 g/mol. The highest BCUT2D eigenvalue weighted by atomic mass is 32.2. The van der Waals surface area contributed by atoms with E-state index in [0.717, 1.165) is 11.1 Å². The number of nitrogens with one attached hydrogen (secondary N) is 2. The number of carbonyl (C=O) groups is 2. The van der Waals surface area contributed by atoms with Crippen LogP contribution >= 0.6 is 0 Å². The molecule has 2 N–H and O–H groups in total. The topological polar surface area (TPSA) is 105 Å². The molecule has 0 spiro atoms. The summed E-state index contributed by atoms with van der Waals surface area (Å²) in [7, 11) is -2.10. The molecule has 0 radical (unpaired) electrons. The van der Waals surface area contributed by atoms with E-state index in [4.69, 9.17) is 4.74 Å². The Hall–Kier alpha value is -2.75. The van der Waals surface area contributed by atoms with Gasteiger partial charge < -0.3 is 15.0 Å². The van der Waals surface area contributed by atoms with Gasteiger partial charge in [0.1, 0.15) is 0 Å². The highest BCUT2D eigenvalue weighted by Crippen LogP contribution is 2.15. The van der Waals surface area contributed by atoms with Crippen LogP contribution in [0.5, 0.6) is 0 Å². The van der Waals surface area contributed by atoms with Crippen molar-refractivity contribution in [1.29, 1.82) is 0 Å². The van der Waals surface area contributed by atoms with Gasteiger partial charge in [-0.15, -0.1) is 0 Å². The van der Waals surface area contributed by atoms with E-state index in [-0.39, 0.29) is 28.9 Å². The van der Waals surface area contributed by atoms with Crippen LogP contribution in [0.15, 0.2) is 53.4 Å². The van der Waals surface area contributed by atoms with E-state index in [1.54, 1.807) is 24.3 Å². The Kier molecular flexibility index (Phi) is 8.23. The number of rotatable bonds is 8. The molecule has 0 bridgehead atoms. The molecule has 2 amide bonds. The van der Waals surface area contributed by atoms with E-state index in [2.05, 4.69) is 10.0 Å². The Bertz CT molecular complexity index is 1060. The maximum atomic E-state index is 12.7. The van der Waals surface area contributed by atoms with Gasteiger partial charge in [-0.1, -0.05) is 24.3 Å². The van der Waals surface area contributed by atoms with Gasteiger partial charge in [0.2, 0.25) is 15.9 Å². The monoisotopic (exact) mass is 473 g/mol. The molecule has 1 aliphatic heterocycles. The maximum Gasteiger partial charge on any atom is 0.254 e. The van der Waals surface area contributed by atoms with Crippen LogP contribution in [0.25, 0.3) is 0 Å². The van der Waals surface area contributed by atoms with Gasteiger partial charge in [0, 0.05) is 31.6 Å². The normalized spacial score (nSPS) is 18.7. The van der Waals surface area contributed by atoms with Crippen molar-refractivity contribution in [2.45, 2.75) is 50.3 Å². The lowest BCUT2D eigenvalue weighted by atomic mass is 10.1. The largest absolute Gasteiger partial charge is 0.372 e. The van der Waals surface area contributed by atoms with Crippen LogP contribution < -0.4 is 10.0 Å². The fourth-order valence-electron chi connectivity index (χ4n) is 3.79. The molecule has 2 atom stereocenters. The van der Waals surface area contributed by atoms with Gasteiger partial charge in [-0.3, -0.25) is 9.59 Å². The van der Waals surface area contributed by atoms with E-state index in [1.807, 2.05) is 30.9 Å². The van der Waals surface area contributed by atoms with Crippen molar-refractivity contribution in [3.05, 3.63) is 65.2 Å². The highest BCUT2D eigenvalue weighted by Gasteiger charge is 2.26. The number of sulfonamides is 1. The fourth-order valence-corrected chi connectivity index (χ4v) is 4.52. The highest BCUT2D eigenvalue weighted by molar-refractivity contribution is 7.89. The molecule has 2 aromatic rings. The number of hydrogen-bond acceptors (Lipinski definition) is 5. The third kappa shape index (κ3) is 6.86. The van der Waals surface area contributed by atoms with Crippen molar-refractivity contribution in [2.24, 2.45) is 0 Å². The van der Waals surface area contributed by atoms with Crippen LogP contribution in [-0.4, -0.2) is 57.5 Å². The summed E-state index contributed by atoms with van der Waals surface area (Å²) in [5, 5.41) is 2.88. The zero-order chi connectivity index (χ0) is 24.0. The molecule has 1 heterocycles. The summed E-state index contributed by atoms with van der Waals surface area (Å²) in [6.45, 7) is 5.46. The van der Waals surface area contributed by atoms with Gasteiger partial charge in [0.05, 0.1) is 17.1 Å². The first-order valence-corrected chi connectivity index (χ1v) is 12.5. The van der Waals surface area contributed by atoms with E-state index in [1.165, 1.54) is 19.2 Å². The van der Waals surface area contributed by atoms with E-state index in [9.17, 15) is 18.0 Å². The second-order valence-electron chi connectivity index (χ2n) is 8.29. The second kappa shape index (κ2) is 10.9. The molecule has 2 aromatic carbocycles. The number of amides is 2. The number of ether oxygens (including phenoxy) is 1. The predicted octanol–water partition coefficient (Wildman–Crippen LogP) is 2.09. The van der Waals surface area contributed by atoms with Gasteiger partial charge >= 0.3 is 0 Å². The van der Waals surface area contributed by atoms with Gasteiger partial charge in [-0.05, 0) is 62.7 Å². The zero-order valence-electron chi connectivity index (χ0n) is 19.2. The van der Waals surface area contributed by atoms with Crippen LogP contribution in [0, 0.1) is 0 Å². The van der Waals surface area contributed by atoms with Crippen molar-refractivity contribution >= 4 is 21.8 Å². The van der Waals surface area contributed by atoms with Crippen molar-refractivity contribution in [1.82, 2.24) is 14.9 Å². The van der Waals surface area contributed by atoms with Crippen LogP contribution in [0.2, 0.25) is 0 Å². The smallest absolute Gasteiger partial charge is 0.254 e. The minimum absolute atomic E-state index is 0.0128. The van der Waals surface area contributed by atoms with Crippen molar-refractivity contribution in [3.8, 4) is 0 Å². The maximum absolute atomic E-state index is 12.7. The van der Waals surface area contributed by atoms with E-state index in [0.29, 0.717) is 38.0 Å². The molecule has 8 nitrogen and oxygen atoms in total. The number of morpholine rings is 1. The summed E-state index contributed by atoms with van der Waals surface area (Å²) in [4.78, 5) is 27.0. The van der Waals surface area contributed by atoms with Crippen molar-refractivity contribution in [2.75, 3.05) is 20.1 Å². The Morgan fingerprint density at radius 2 is 1.55 bits per heavy atom. The molecule has 33 heavy (non-hydrogen) atoms. The average Bonchev–Trinajstić information content (AvgIpc) is 2.81. The Morgan fingerprint density at radius 1 is 0.970 bits per heavy atom. The summed E-state index contributed by atoms with van der Waals surface area (Å²) >= 11 is 0. The molecule has 0 aromatic heterocycles.